The summed E-state index contributed by atoms with van der Waals surface area (Å²) < 4.78 is 18.4. The number of carboxylic acids is 1. The smallest absolute Gasteiger partial charge is 0.313 e. The van der Waals surface area contributed by atoms with Crippen LogP contribution in [0.1, 0.15) is 17.9 Å². The third-order valence-corrected chi connectivity index (χ3v) is 4.19. The van der Waals surface area contributed by atoms with Crippen LogP contribution in [0.15, 0.2) is 22.7 Å². The maximum absolute atomic E-state index is 13.3. The van der Waals surface area contributed by atoms with E-state index >= 15 is 0 Å². The SMILES string of the molecule is Cc1cc(-c2noc(CCC(=O)NCCSCC(=O)O)n2)ccc1F. The molecule has 134 valence electrons. The fourth-order valence-electron chi connectivity index (χ4n) is 1.99. The summed E-state index contributed by atoms with van der Waals surface area (Å²) in [4.78, 5) is 26.3. The number of amides is 1. The zero-order valence-electron chi connectivity index (χ0n) is 13.6. The van der Waals surface area contributed by atoms with Gasteiger partial charge in [-0.15, -0.1) is 11.8 Å². The van der Waals surface area contributed by atoms with Gasteiger partial charge in [-0.25, -0.2) is 4.39 Å². The van der Waals surface area contributed by atoms with E-state index in [1.54, 1.807) is 19.1 Å². The minimum Gasteiger partial charge on any atom is -0.481 e. The number of aliphatic carboxylic acids is 1. The maximum atomic E-state index is 13.3. The number of carboxylic acid groups (broad SMARTS) is 1. The number of nitrogens with zero attached hydrogens (tertiary/aromatic N) is 2. The van der Waals surface area contributed by atoms with Gasteiger partial charge in [-0.2, -0.15) is 4.98 Å². The van der Waals surface area contributed by atoms with E-state index in [1.807, 2.05) is 0 Å². The second-order valence-electron chi connectivity index (χ2n) is 5.27. The second kappa shape index (κ2) is 9.16. The van der Waals surface area contributed by atoms with Gasteiger partial charge in [-0.3, -0.25) is 9.59 Å². The van der Waals surface area contributed by atoms with Gasteiger partial charge in [0.05, 0.1) is 5.75 Å². The van der Waals surface area contributed by atoms with E-state index in [2.05, 4.69) is 15.5 Å². The normalized spacial score (nSPS) is 10.6. The molecule has 0 spiro atoms. The lowest BCUT2D eigenvalue weighted by molar-refractivity contribution is -0.133. The van der Waals surface area contributed by atoms with E-state index in [-0.39, 0.29) is 23.9 Å². The minimum absolute atomic E-state index is 0.0174. The highest BCUT2D eigenvalue weighted by molar-refractivity contribution is 7.99. The number of benzene rings is 1. The molecule has 0 aliphatic heterocycles. The molecule has 2 aromatic rings. The molecule has 1 aromatic heterocycles. The van der Waals surface area contributed by atoms with Crippen molar-refractivity contribution in [3.63, 3.8) is 0 Å². The highest BCUT2D eigenvalue weighted by Crippen LogP contribution is 2.19. The number of carbonyl (C=O) groups excluding carboxylic acids is 1. The van der Waals surface area contributed by atoms with Crippen LogP contribution in [0.25, 0.3) is 11.4 Å². The highest BCUT2D eigenvalue weighted by atomic mass is 32.2. The molecular weight excluding hydrogens is 349 g/mol. The molecule has 0 atom stereocenters. The van der Waals surface area contributed by atoms with E-state index < -0.39 is 5.97 Å². The molecule has 25 heavy (non-hydrogen) atoms. The second-order valence-corrected chi connectivity index (χ2v) is 6.38. The van der Waals surface area contributed by atoms with Crippen LogP contribution in [0, 0.1) is 12.7 Å². The van der Waals surface area contributed by atoms with Gasteiger partial charge in [0.25, 0.3) is 0 Å². The summed E-state index contributed by atoms with van der Waals surface area (Å²) in [5.74, 6) is -0.120. The van der Waals surface area contributed by atoms with E-state index in [1.165, 1.54) is 17.8 Å². The van der Waals surface area contributed by atoms with Gasteiger partial charge < -0.3 is 14.9 Å². The lowest BCUT2D eigenvalue weighted by Gasteiger charge is -2.02. The topological polar surface area (TPSA) is 105 Å². The van der Waals surface area contributed by atoms with Crippen LogP contribution in [0.2, 0.25) is 0 Å². The molecule has 0 saturated carbocycles. The van der Waals surface area contributed by atoms with Gasteiger partial charge in [-0.05, 0) is 30.7 Å². The Balaban J connectivity index is 1.76. The summed E-state index contributed by atoms with van der Waals surface area (Å²) in [6.45, 7) is 2.06. The molecule has 2 N–H and O–H groups in total. The lowest BCUT2D eigenvalue weighted by atomic mass is 10.1. The van der Waals surface area contributed by atoms with Crippen LogP contribution in [0.4, 0.5) is 4.39 Å². The first-order valence-electron chi connectivity index (χ1n) is 7.61. The maximum Gasteiger partial charge on any atom is 0.313 e. The summed E-state index contributed by atoms with van der Waals surface area (Å²) in [5.41, 5.74) is 1.14. The predicted octanol–water partition coefficient (Wildman–Crippen LogP) is 2.05. The number of aromatic nitrogens is 2. The van der Waals surface area contributed by atoms with Gasteiger partial charge in [0.15, 0.2) is 0 Å². The van der Waals surface area contributed by atoms with Gasteiger partial charge >= 0.3 is 5.97 Å². The first-order valence-corrected chi connectivity index (χ1v) is 8.76. The summed E-state index contributed by atoms with van der Waals surface area (Å²) in [5, 5.41) is 15.0. The van der Waals surface area contributed by atoms with Crippen molar-refractivity contribution in [2.45, 2.75) is 19.8 Å². The van der Waals surface area contributed by atoms with Crippen LogP contribution in [-0.4, -0.2) is 45.2 Å². The first-order chi connectivity index (χ1) is 12.0. The quantitative estimate of drug-likeness (QED) is 0.654. The molecule has 0 radical (unpaired) electrons. The van der Waals surface area contributed by atoms with E-state index in [9.17, 15) is 14.0 Å². The number of rotatable bonds is 9. The average Bonchev–Trinajstić information content (AvgIpc) is 3.04. The zero-order valence-corrected chi connectivity index (χ0v) is 14.4. The molecule has 2 rings (SSSR count). The first kappa shape index (κ1) is 18.9. The third kappa shape index (κ3) is 6.18. The molecule has 1 aromatic carbocycles. The zero-order chi connectivity index (χ0) is 18.2. The predicted molar refractivity (Wildman–Crippen MR) is 90.7 cm³/mol. The molecule has 1 amide bonds. The number of aryl methyl sites for hydroxylation is 2. The summed E-state index contributed by atoms with van der Waals surface area (Å²) in [6, 6.07) is 4.54. The number of hydrogen-bond acceptors (Lipinski definition) is 6. The highest BCUT2D eigenvalue weighted by Gasteiger charge is 2.11. The van der Waals surface area contributed by atoms with E-state index in [0.717, 1.165) is 0 Å². The molecule has 0 aliphatic carbocycles. The fourth-order valence-corrected chi connectivity index (χ4v) is 2.55. The Bertz CT molecular complexity index is 751. The number of nitrogens with one attached hydrogen (secondary N) is 1. The molecule has 0 saturated heterocycles. The molecule has 1 heterocycles. The monoisotopic (exact) mass is 367 g/mol. The van der Waals surface area contributed by atoms with Crippen molar-refractivity contribution in [3.8, 4) is 11.4 Å². The van der Waals surface area contributed by atoms with Crippen LogP contribution in [0.5, 0.6) is 0 Å². The van der Waals surface area contributed by atoms with E-state index in [4.69, 9.17) is 9.63 Å². The van der Waals surface area contributed by atoms with Gasteiger partial charge in [0.1, 0.15) is 5.82 Å². The van der Waals surface area contributed by atoms with Crippen molar-refractivity contribution in [2.75, 3.05) is 18.1 Å². The number of thioether (sulfide) groups is 1. The Kier molecular flexibility index (Phi) is 6.93. The fraction of sp³-hybridized carbons (Fsp3) is 0.375. The molecule has 0 unspecified atom stereocenters. The summed E-state index contributed by atoms with van der Waals surface area (Å²) >= 11 is 1.24. The molecular formula is C16H18FN3O4S. The van der Waals surface area contributed by atoms with Gasteiger partial charge in [0, 0.05) is 30.7 Å². The number of halogens is 1. The Morgan fingerprint density at radius 3 is 2.92 bits per heavy atom. The van der Waals surface area contributed by atoms with Crippen LogP contribution in [-0.2, 0) is 16.0 Å². The lowest BCUT2D eigenvalue weighted by Crippen LogP contribution is -2.26. The van der Waals surface area contributed by atoms with Crippen molar-refractivity contribution in [1.29, 1.82) is 0 Å². The Morgan fingerprint density at radius 1 is 1.40 bits per heavy atom. The molecule has 0 aliphatic rings. The van der Waals surface area contributed by atoms with Crippen molar-refractivity contribution >= 4 is 23.6 Å². The molecule has 0 bridgehead atoms. The molecule has 0 fully saturated rings. The van der Waals surface area contributed by atoms with Crippen LogP contribution >= 0.6 is 11.8 Å². The molecule has 9 heteroatoms. The van der Waals surface area contributed by atoms with Crippen molar-refractivity contribution in [3.05, 3.63) is 35.5 Å². The number of carbonyl (C=O) groups is 2. The van der Waals surface area contributed by atoms with Gasteiger partial charge in [0.2, 0.25) is 17.6 Å². The largest absolute Gasteiger partial charge is 0.481 e. The Labute approximate surface area is 148 Å². The van der Waals surface area contributed by atoms with Crippen molar-refractivity contribution in [1.82, 2.24) is 15.5 Å². The minimum atomic E-state index is -0.875. The van der Waals surface area contributed by atoms with Crippen LogP contribution in [0.3, 0.4) is 0 Å². The Morgan fingerprint density at radius 2 is 2.20 bits per heavy atom. The Hall–Kier alpha value is -2.42. The molecule has 7 nitrogen and oxygen atoms in total. The van der Waals surface area contributed by atoms with Crippen LogP contribution < -0.4 is 5.32 Å². The summed E-state index contributed by atoms with van der Waals surface area (Å²) in [7, 11) is 0. The number of hydrogen-bond donors (Lipinski definition) is 2. The average molecular weight is 367 g/mol. The summed E-state index contributed by atoms with van der Waals surface area (Å²) in [6.07, 6.45) is 0.481. The van der Waals surface area contributed by atoms with Gasteiger partial charge in [-0.1, -0.05) is 5.16 Å². The van der Waals surface area contributed by atoms with E-state index in [0.29, 0.717) is 41.6 Å². The standard InChI is InChI=1S/C16H18FN3O4S/c1-10-8-11(2-3-12(10)17)16-19-14(24-20-16)5-4-13(21)18-6-7-25-9-15(22)23/h2-3,8H,4-7,9H2,1H3,(H,18,21)(H,22,23). The van der Waals surface area contributed by atoms with Crippen molar-refractivity contribution in [2.24, 2.45) is 0 Å². The van der Waals surface area contributed by atoms with Crippen molar-refractivity contribution < 1.29 is 23.6 Å². The third-order valence-electron chi connectivity index (χ3n) is 3.24.